The molecular formula is C17H24N2O7S. The number of amides is 1. The lowest BCUT2D eigenvalue weighted by atomic mass is 10.3. The predicted molar refractivity (Wildman–Crippen MR) is 97.1 cm³/mol. The van der Waals surface area contributed by atoms with Gasteiger partial charge in [0.05, 0.1) is 30.9 Å². The summed E-state index contributed by atoms with van der Waals surface area (Å²) in [5.74, 6) is -0.758. The Hall–Kier alpha value is -2.17. The SMILES string of the molecule is CCCC(=O)OCC(=O)Nc1cc(S(=O)(=O)N2CCOCC2)ccc1OC. The number of hydrogen-bond donors (Lipinski definition) is 1. The van der Waals surface area contributed by atoms with Gasteiger partial charge < -0.3 is 19.5 Å². The monoisotopic (exact) mass is 400 g/mol. The Morgan fingerprint density at radius 1 is 1.26 bits per heavy atom. The molecular weight excluding hydrogens is 376 g/mol. The number of esters is 1. The minimum Gasteiger partial charge on any atom is -0.495 e. The van der Waals surface area contributed by atoms with Gasteiger partial charge in [-0.05, 0) is 24.6 Å². The van der Waals surface area contributed by atoms with Crippen molar-refractivity contribution in [2.75, 3.05) is 45.3 Å². The molecule has 1 aliphatic heterocycles. The molecule has 1 heterocycles. The Morgan fingerprint density at radius 2 is 1.96 bits per heavy atom. The second-order valence-corrected chi connectivity index (χ2v) is 7.78. The van der Waals surface area contributed by atoms with Crippen molar-refractivity contribution in [2.24, 2.45) is 0 Å². The Labute approximate surface area is 158 Å². The molecule has 150 valence electrons. The van der Waals surface area contributed by atoms with Crippen LogP contribution in [0.25, 0.3) is 0 Å². The van der Waals surface area contributed by atoms with Gasteiger partial charge in [-0.1, -0.05) is 6.92 Å². The quantitative estimate of drug-likeness (QED) is 0.648. The lowest BCUT2D eigenvalue weighted by Gasteiger charge is -2.26. The van der Waals surface area contributed by atoms with Crippen LogP contribution < -0.4 is 10.1 Å². The Kier molecular flexibility index (Phi) is 7.57. The van der Waals surface area contributed by atoms with Crippen LogP contribution in [-0.4, -0.2) is 64.6 Å². The van der Waals surface area contributed by atoms with E-state index in [1.165, 1.54) is 29.6 Å². The minimum atomic E-state index is -3.72. The van der Waals surface area contributed by atoms with Gasteiger partial charge in [0.25, 0.3) is 5.91 Å². The first kappa shape index (κ1) is 21.1. The van der Waals surface area contributed by atoms with E-state index < -0.39 is 28.5 Å². The van der Waals surface area contributed by atoms with Crippen molar-refractivity contribution in [1.29, 1.82) is 0 Å². The number of carbonyl (C=O) groups excluding carboxylic acids is 2. The summed E-state index contributed by atoms with van der Waals surface area (Å²) < 4.78 is 42.1. The largest absolute Gasteiger partial charge is 0.495 e. The normalized spacial score (nSPS) is 15.2. The van der Waals surface area contributed by atoms with Gasteiger partial charge in [0.2, 0.25) is 10.0 Å². The molecule has 0 radical (unpaired) electrons. The third-order valence-electron chi connectivity index (χ3n) is 3.87. The highest BCUT2D eigenvalue weighted by molar-refractivity contribution is 7.89. The first-order chi connectivity index (χ1) is 12.9. The number of hydrogen-bond acceptors (Lipinski definition) is 7. The predicted octanol–water partition coefficient (Wildman–Crippen LogP) is 0.998. The van der Waals surface area contributed by atoms with Crippen LogP contribution in [0.5, 0.6) is 5.75 Å². The number of methoxy groups -OCH3 is 1. The van der Waals surface area contributed by atoms with Crippen molar-refractivity contribution in [3.63, 3.8) is 0 Å². The molecule has 0 aliphatic carbocycles. The fraction of sp³-hybridized carbons (Fsp3) is 0.529. The molecule has 1 fully saturated rings. The lowest BCUT2D eigenvalue weighted by Crippen LogP contribution is -2.40. The van der Waals surface area contributed by atoms with Crippen molar-refractivity contribution >= 4 is 27.6 Å². The van der Waals surface area contributed by atoms with Crippen molar-refractivity contribution < 1.29 is 32.2 Å². The molecule has 0 bridgehead atoms. The van der Waals surface area contributed by atoms with Crippen LogP contribution in [0.2, 0.25) is 0 Å². The van der Waals surface area contributed by atoms with E-state index in [1.807, 2.05) is 6.92 Å². The second-order valence-electron chi connectivity index (χ2n) is 5.84. The summed E-state index contributed by atoms with van der Waals surface area (Å²) in [7, 11) is -2.31. The van der Waals surface area contributed by atoms with Crippen molar-refractivity contribution in [1.82, 2.24) is 4.31 Å². The van der Waals surface area contributed by atoms with Crippen molar-refractivity contribution in [3.8, 4) is 5.75 Å². The summed E-state index contributed by atoms with van der Waals surface area (Å²) in [5.41, 5.74) is 0.184. The number of rotatable bonds is 8. The van der Waals surface area contributed by atoms with Gasteiger partial charge in [-0.2, -0.15) is 4.31 Å². The molecule has 2 rings (SSSR count). The number of nitrogens with zero attached hydrogens (tertiary/aromatic N) is 1. The highest BCUT2D eigenvalue weighted by Gasteiger charge is 2.27. The van der Waals surface area contributed by atoms with E-state index >= 15 is 0 Å². The zero-order valence-corrected chi connectivity index (χ0v) is 16.2. The Balaban J connectivity index is 2.14. The molecule has 0 saturated carbocycles. The smallest absolute Gasteiger partial charge is 0.306 e. The van der Waals surface area contributed by atoms with Gasteiger partial charge in [-0.25, -0.2) is 8.42 Å². The molecule has 1 amide bonds. The molecule has 1 aromatic rings. The van der Waals surface area contributed by atoms with Gasteiger partial charge in [-0.15, -0.1) is 0 Å². The van der Waals surface area contributed by atoms with E-state index in [4.69, 9.17) is 14.2 Å². The third-order valence-corrected chi connectivity index (χ3v) is 5.77. The summed E-state index contributed by atoms with van der Waals surface area (Å²) in [5, 5.41) is 2.53. The average molecular weight is 400 g/mol. The van der Waals surface area contributed by atoms with E-state index in [2.05, 4.69) is 5.32 Å². The molecule has 0 unspecified atom stereocenters. The molecule has 1 saturated heterocycles. The second kappa shape index (κ2) is 9.67. The number of benzene rings is 1. The lowest BCUT2D eigenvalue weighted by molar-refractivity contribution is -0.147. The zero-order chi connectivity index (χ0) is 19.9. The highest BCUT2D eigenvalue weighted by atomic mass is 32.2. The van der Waals surface area contributed by atoms with E-state index in [1.54, 1.807) is 0 Å². The molecule has 9 nitrogen and oxygen atoms in total. The van der Waals surface area contributed by atoms with Crippen LogP contribution in [0, 0.1) is 0 Å². The summed E-state index contributed by atoms with van der Waals surface area (Å²) in [6.45, 7) is 2.58. The minimum absolute atomic E-state index is 0.0310. The van der Waals surface area contributed by atoms with Crippen LogP contribution in [0.15, 0.2) is 23.1 Å². The average Bonchev–Trinajstić information content (AvgIpc) is 2.67. The third kappa shape index (κ3) is 5.65. The van der Waals surface area contributed by atoms with Gasteiger partial charge >= 0.3 is 5.97 Å². The van der Waals surface area contributed by atoms with Crippen molar-refractivity contribution in [3.05, 3.63) is 18.2 Å². The van der Waals surface area contributed by atoms with E-state index in [-0.39, 0.29) is 30.1 Å². The maximum absolute atomic E-state index is 12.8. The van der Waals surface area contributed by atoms with Gasteiger partial charge in [0.15, 0.2) is 6.61 Å². The fourth-order valence-corrected chi connectivity index (χ4v) is 3.92. The molecule has 0 atom stereocenters. The maximum Gasteiger partial charge on any atom is 0.306 e. The number of ether oxygens (including phenoxy) is 3. The summed E-state index contributed by atoms with van der Waals surface area (Å²) in [4.78, 5) is 23.4. The van der Waals surface area contributed by atoms with Crippen molar-refractivity contribution in [2.45, 2.75) is 24.7 Å². The maximum atomic E-state index is 12.8. The van der Waals surface area contributed by atoms with Crippen LogP contribution in [0.1, 0.15) is 19.8 Å². The number of morpholine rings is 1. The summed E-state index contributed by atoms with van der Waals surface area (Å²) in [6, 6.07) is 4.21. The van der Waals surface area contributed by atoms with E-state index in [0.717, 1.165) is 0 Å². The van der Waals surface area contributed by atoms with Gasteiger partial charge in [-0.3, -0.25) is 9.59 Å². The number of nitrogens with one attached hydrogen (secondary N) is 1. The van der Waals surface area contributed by atoms with E-state index in [0.29, 0.717) is 25.4 Å². The summed E-state index contributed by atoms with van der Waals surface area (Å²) in [6.07, 6.45) is 0.847. The Morgan fingerprint density at radius 3 is 2.59 bits per heavy atom. The van der Waals surface area contributed by atoms with Crippen LogP contribution in [-0.2, 0) is 29.1 Å². The molecule has 0 aromatic heterocycles. The standard InChI is InChI=1S/C17H24N2O7S/c1-3-4-17(21)26-12-16(20)18-14-11-13(5-6-15(14)24-2)27(22,23)19-7-9-25-10-8-19/h5-6,11H,3-4,7-10,12H2,1-2H3,(H,18,20). The first-order valence-electron chi connectivity index (χ1n) is 8.60. The molecule has 1 N–H and O–H groups in total. The summed E-state index contributed by atoms with van der Waals surface area (Å²) >= 11 is 0. The molecule has 27 heavy (non-hydrogen) atoms. The van der Waals surface area contributed by atoms with Gasteiger partial charge in [0, 0.05) is 19.5 Å². The van der Waals surface area contributed by atoms with Crippen LogP contribution >= 0.6 is 0 Å². The molecule has 1 aromatic carbocycles. The molecule has 10 heteroatoms. The first-order valence-corrected chi connectivity index (χ1v) is 10.0. The fourth-order valence-electron chi connectivity index (χ4n) is 2.49. The van der Waals surface area contributed by atoms with Crippen LogP contribution in [0.3, 0.4) is 0 Å². The van der Waals surface area contributed by atoms with E-state index in [9.17, 15) is 18.0 Å². The molecule has 1 aliphatic rings. The number of sulfonamides is 1. The highest BCUT2D eigenvalue weighted by Crippen LogP contribution is 2.29. The Bertz CT molecular complexity index is 773. The molecule has 0 spiro atoms. The number of carbonyl (C=O) groups is 2. The number of anilines is 1. The topological polar surface area (TPSA) is 111 Å². The van der Waals surface area contributed by atoms with Crippen LogP contribution in [0.4, 0.5) is 5.69 Å². The zero-order valence-electron chi connectivity index (χ0n) is 15.4. The van der Waals surface area contributed by atoms with Gasteiger partial charge in [0.1, 0.15) is 5.75 Å².